The van der Waals surface area contributed by atoms with Crippen molar-refractivity contribution in [2.45, 2.75) is 19.3 Å². The minimum atomic E-state index is 0. The van der Waals surface area contributed by atoms with Gasteiger partial charge in [0.25, 0.3) is 0 Å². The van der Waals surface area contributed by atoms with Crippen LogP contribution in [0.1, 0.15) is 17.5 Å². The molecule has 0 saturated heterocycles. The third-order valence-corrected chi connectivity index (χ3v) is 4.94. The van der Waals surface area contributed by atoms with Crippen LogP contribution in [-0.4, -0.2) is 31.1 Å². The lowest BCUT2D eigenvalue weighted by Crippen LogP contribution is -2.41. The first-order valence-corrected chi connectivity index (χ1v) is 8.98. The van der Waals surface area contributed by atoms with E-state index in [1.54, 1.807) is 0 Å². The van der Waals surface area contributed by atoms with Gasteiger partial charge in [-0.3, -0.25) is 4.99 Å². The molecule has 0 amide bonds. The fourth-order valence-electron chi connectivity index (χ4n) is 3.67. The molecule has 2 N–H and O–H groups in total. The maximum absolute atomic E-state index is 4.48. The normalized spacial score (nSPS) is 13.6. The second-order valence-electron chi connectivity index (χ2n) is 6.47. The van der Waals surface area contributed by atoms with Crippen LogP contribution in [0, 0.1) is 0 Å². The zero-order chi connectivity index (χ0) is 17.1. The molecule has 2 heterocycles. The number of aliphatic imine (C=N–C) groups is 1. The lowest BCUT2D eigenvalue weighted by atomic mass is 10.1. The summed E-state index contributed by atoms with van der Waals surface area (Å²) in [7, 11) is 1.86. The number of halogens is 1. The van der Waals surface area contributed by atoms with Gasteiger partial charge in [-0.1, -0.05) is 36.4 Å². The summed E-state index contributed by atoms with van der Waals surface area (Å²) in [5.74, 6) is 0.976. The Labute approximate surface area is 171 Å². The van der Waals surface area contributed by atoms with Gasteiger partial charge in [-0.25, -0.2) is 0 Å². The smallest absolute Gasteiger partial charge is 0.198 e. The molecule has 0 bridgehead atoms. The molecular formula is C21H25IN4. The van der Waals surface area contributed by atoms with Gasteiger partial charge >= 0.3 is 0 Å². The number of anilines is 1. The Balaban J connectivity index is 0.00000196. The molecule has 0 saturated carbocycles. The fourth-order valence-corrected chi connectivity index (χ4v) is 3.67. The summed E-state index contributed by atoms with van der Waals surface area (Å²) in [6.45, 7) is 1.92. The predicted molar refractivity (Wildman–Crippen MR) is 121 cm³/mol. The molecule has 0 fully saturated rings. The van der Waals surface area contributed by atoms with Crippen molar-refractivity contribution in [3.8, 4) is 0 Å². The Morgan fingerprint density at radius 1 is 1.15 bits per heavy atom. The molecule has 3 aromatic rings. The second kappa shape index (κ2) is 8.58. The number of benzene rings is 2. The van der Waals surface area contributed by atoms with E-state index in [1.165, 1.54) is 27.7 Å². The fraction of sp³-hybridized carbons (Fsp3) is 0.286. The van der Waals surface area contributed by atoms with Crippen LogP contribution >= 0.6 is 24.0 Å². The molecule has 1 aliphatic heterocycles. The highest BCUT2D eigenvalue weighted by Gasteiger charge is 2.21. The number of hydrogen-bond acceptors (Lipinski definition) is 1. The molecule has 4 rings (SSSR count). The van der Waals surface area contributed by atoms with E-state index in [-0.39, 0.29) is 24.0 Å². The predicted octanol–water partition coefficient (Wildman–Crippen LogP) is 4.36. The number of para-hydroxylation sites is 2. The highest BCUT2D eigenvalue weighted by molar-refractivity contribution is 14.0. The largest absolute Gasteiger partial charge is 0.361 e. The highest BCUT2D eigenvalue weighted by atomic mass is 127. The van der Waals surface area contributed by atoms with Crippen molar-refractivity contribution in [1.29, 1.82) is 0 Å². The van der Waals surface area contributed by atoms with Gasteiger partial charge in [0.2, 0.25) is 0 Å². The molecule has 0 unspecified atom stereocenters. The van der Waals surface area contributed by atoms with Crippen molar-refractivity contribution in [3.05, 3.63) is 65.9 Å². The maximum atomic E-state index is 4.48. The highest BCUT2D eigenvalue weighted by Crippen LogP contribution is 2.27. The Kier molecular flexibility index (Phi) is 6.19. The molecule has 1 aliphatic rings. The van der Waals surface area contributed by atoms with E-state index in [0.717, 1.165) is 38.3 Å². The molecule has 5 heteroatoms. The van der Waals surface area contributed by atoms with Crippen LogP contribution in [0.4, 0.5) is 5.69 Å². The summed E-state index contributed by atoms with van der Waals surface area (Å²) in [5, 5.41) is 4.86. The first-order valence-electron chi connectivity index (χ1n) is 8.98. The standard InChI is InChI=1S/C21H24N4.HI/c1-22-21(25-14-12-16-7-2-5-11-20(16)25)23-13-6-8-17-15-24-19-10-4-3-9-18(17)19;/h2-5,7,9-11,15,24H,6,8,12-14H2,1H3,(H,22,23);1H. The van der Waals surface area contributed by atoms with Crippen LogP contribution in [-0.2, 0) is 12.8 Å². The number of nitrogens with one attached hydrogen (secondary N) is 2. The van der Waals surface area contributed by atoms with Crippen molar-refractivity contribution in [2.24, 2.45) is 4.99 Å². The molecular weight excluding hydrogens is 435 g/mol. The Morgan fingerprint density at radius 3 is 2.85 bits per heavy atom. The average molecular weight is 460 g/mol. The first-order chi connectivity index (χ1) is 12.4. The van der Waals surface area contributed by atoms with Crippen LogP contribution in [0.3, 0.4) is 0 Å². The molecule has 0 aliphatic carbocycles. The van der Waals surface area contributed by atoms with Gasteiger partial charge in [0.1, 0.15) is 0 Å². The summed E-state index contributed by atoms with van der Waals surface area (Å²) in [4.78, 5) is 10.1. The summed E-state index contributed by atoms with van der Waals surface area (Å²) in [6.07, 6.45) is 5.36. The van der Waals surface area contributed by atoms with Gasteiger partial charge in [0.05, 0.1) is 0 Å². The first kappa shape index (κ1) is 18.8. The molecule has 1 aromatic heterocycles. The van der Waals surface area contributed by atoms with Crippen LogP contribution < -0.4 is 10.2 Å². The molecule has 136 valence electrons. The van der Waals surface area contributed by atoms with Gasteiger partial charge in [-0.15, -0.1) is 24.0 Å². The molecule has 2 aromatic carbocycles. The van der Waals surface area contributed by atoms with Gasteiger partial charge in [0, 0.05) is 42.9 Å². The van der Waals surface area contributed by atoms with E-state index < -0.39 is 0 Å². The van der Waals surface area contributed by atoms with Crippen molar-refractivity contribution >= 4 is 46.5 Å². The van der Waals surface area contributed by atoms with Crippen molar-refractivity contribution in [2.75, 3.05) is 25.0 Å². The maximum Gasteiger partial charge on any atom is 0.198 e. The zero-order valence-corrected chi connectivity index (χ0v) is 17.4. The van der Waals surface area contributed by atoms with Gasteiger partial charge in [0.15, 0.2) is 5.96 Å². The van der Waals surface area contributed by atoms with Crippen molar-refractivity contribution in [1.82, 2.24) is 10.3 Å². The average Bonchev–Trinajstić information content (AvgIpc) is 3.26. The Morgan fingerprint density at radius 2 is 1.96 bits per heavy atom. The van der Waals surface area contributed by atoms with Gasteiger partial charge < -0.3 is 15.2 Å². The zero-order valence-electron chi connectivity index (χ0n) is 15.0. The van der Waals surface area contributed by atoms with Crippen LogP contribution in [0.25, 0.3) is 10.9 Å². The van der Waals surface area contributed by atoms with Crippen LogP contribution in [0.15, 0.2) is 59.7 Å². The topological polar surface area (TPSA) is 43.4 Å². The minimum absolute atomic E-state index is 0. The number of aryl methyl sites for hydroxylation is 1. The Bertz CT molecular complexity index is 900. The summed E-state index contributed by atoms with van der Waals surface area (Å²) in [5.41, 5.74) is 5.30. The van der Waals surface area contributed by atoms with Crippen molar-refractivity contribution in [3.63, 3.8) is 0 Å². The number of aromatic nitrogens is 1. The number of rotatable bonds is 4. The van der Waals surface area contributed by atoms with Gasteiger partial charge in [-0.2, -0.15) is 0 Å². The van der Waals surface area contributed by atoms with E-state index in [9.17, 15) is 0 Å². The third-order valence-electron chi connectivity index (χ3n) is 4.94. The minimum Gasteiger partial charge on any atom is -0.361 e. The number of guanidine groups is 1. The quantitative estimate of drug-likeness (QED) is 0.263. The third kappa shape index (κ3) is 3.72. The summed E-state index contributed by atoms with van der Waals surface area (Å²) < 4.78 is 0. The summed E-state index contributed by atoms with van der Waals surface area (Å²) in [6, 6.07) is 17.1. The number of aromatic amines is 1. The van der Waals surface area contributed by atoms with E-state index in [1.807, 2.05) is 7.05 Å². The lowest BCUT2D eigenvalue weighted by Gasteiger charge is -2.22. The second-order valence-corrected chi connectivity index (χ2v) is 6.47. The van der Waals surface area contributed by atoms with Crippen molar-refractivity contribution < 1.29 is 0 Å². The van der Waals surface area contributed by atoms with E-state index >= 15 is 0 Å². The molecule has 0 atom stereocenters. The SMILES string of the molecule is CN=C(NCCCc1c[nH]c2ccccc12)N1CCc2ccccc21.I. The van der Waals surface area contributed by atoms with Crippen LogP contribution in [0.5, 0.6) is 0 Å². The number of nitrogens with zero attached hydrogens (tertiary/aromatic N) is 2. The number of H-pyrrole nitrogens is 1. The Hall–Kier alpha value is -2.02. The number of hydrogen-bond donors (Lipinski definition) is 2. The van der Waals surface area contributed by atoms with Crippen LogP contribution in [0.2, 0.25) is 0 Å². The molecule has 0 spiro atoms. The van der Waals surface area contributed by atoms with Gasteiger partial charge in [-0.05, 0) is 42.5 Å². The van der Waals surface area contributed by atoms with E-state index in [4.69, 9.17) is 0 Å². The van der Waals surface area contributed by atoms with E-state index in [2.05, 4.69) is 74.9 Å². The number of fused-ring (bicyclic) bond motifs is 2. The monoisotopic (exact) mass is 460 g/mol. The molecule has 0 radical (unpaired) electrons. The molecule has 4 nitrogen and oxygen atoms in total. The summed E-state index contributed by atoms with van der Waals surface area (Å²) >= 11 is 0. The molecule has 26 heavy (non-hydrogen) atoms. The lowest BCUT2D eigenvalue weighted by molar-refractivity contribution is 0.763. The van der Waals surface area contributed by atoms with E-state index in [0.29, 0.717) is 0 Å².